The number of hydrogen-bond donors (Lipinski definition) is 0. The highest BCUT2D eigenvalue weighted by Crippen LogP contribution is 2.57. The molecule has 3 rings (SSSR count). The number of carbonyl (C=O) groups excluding carboxylic acids is 1. The molecule has 1 spiro atoms. The van der Waals surface area contributed by atoms with Gasteiger partial charge in [0.2, 0.25) is 0 Å². The van der Waals surface area contributed by atoms with Gasteiger partial charge in [-0.05, 0) is 32.1 Å². The predicted molar refractivity (Wildman–Crippen MR) is 46.7 cm³/mol. The largest absolute Gasteiger partial charge is 0.298 e. The van der Waals surface area contributed by atoms with E-state index < -0.39 is 0 Å². The minimum atomic E-state index is 0.0862. The Balaban J connectivity index is 2.10. The molecule has 0 saturated heterocycles. The third kappa shape index (κ3) is 0.596. The summed E-state index contributed by atoms with van der Waals surface area (Å²) in [5.41, 5.74) is 1.60. The van der Waals surface area contributed by atoms with Crippen LogP contribution in [-0.4, -0.2) is 5.78 Å². The van der Waals surface area contributed by atoms with Crippen LogP contribution < -0.4 is 0 Å². The molecule has 1 nitrogen and oxygen atoms in total. The van der Waals surface area contributed by atoms with Crippen LogP contribution in [0.3, 0.4) is 0 Å². The van der Waals surface area contributed by atoms with Crippen LogP contribution in [0.1, 0.15) is 38.5 Å². The van der Waals surface area contributed by atoms with E-state index in [-0.39, 0.29) is 5.41 Å². The van der Waals surface area contributed by atoms with E-state index in [0.29, 0.717) is 11.7 Å². The van der Waals surface area contributed by atoms with E-state index in [4.69, 9.17) is 0 Å². The average Bonchev–Trinajstić information content (AvgIpc) is 2.56. The quantitative estimate of drug-likeness (QED) is 0.500. The average molecular weight is 162 g/mol. The molecule has 2 saturated carbocycles. The predicted octanol–water partition coefficient (Wildman–Crippen LogP) is 2.47. The van der Waals surface area contributed by atoms with Gasteiger partial charge in [-0.1, -0.05) is 18.1 Å². The van der Waals surface area contributed by atoms with E-state index in [1.807, 2.05) is 0 Å². The Kier molecular flexibility index (Phi) is 1.15. The molecule has 12 heavy (non-hydrogen) atoms. The van der Waals surface area contributed by atoms with Gasteiger partial charge in [-0.3, -0.25) is 4.79 Å². The number of fused-ring (bicyclic) bond motifs is 1. The maximum atomic E-state index is 11.9. The first-order chi connectivity index (χ1) is 5.83. The molecule has 1 heteroatoms. The Morgan fingerprint density at radius 2 is 2.25 bits per heavy atom. The van der Waals surface area contributed by atoms with E-state index in [9.17, 15) is 4.79 Å². The summed E-state index contributed by atoms with van der Waals surface area (Å²) in [5.74, 6) is 0.898. The molecular weight excluding hydrogens is 148 g/mol. The molecule has 0 aliphatic heterocycles. The van der Waals surface area contributed by atoms with Gasteiger partial charge in [0.15, 0.2) is 0 Å². The number of allylic oxidation sites excluding steroid dienone is 2. The lowest BCUT2D eigenvalue weighted by atomic mass is 9.70. The summed E-state index contributed by atoms with van der Waals surface area (Å²) in [7, 11) is 0. The summed E-state index contributed by atoms with van der Waals surface area (Å²) in [5, 5.41) is 0. The fourth-order valence-electron chi connectivity index (χ4n) is 3.36. The molecule has 3 aliphatic carbocycles. The van der Waals surface area contributed by atoms with Gasteiger partial charge in [0.1, 0.15) is 5.78 Å². The van der Waals surface area contributed by atoms with E-state index in [1.165, 1.54) is 31.3 Å². The summed E-state index contributed by atoms with van der Waals surface area (Å²) in [4.78, 5) is 11.9. The van der Waals surface area contributed by atoms with Crippen molar-refractivity contribution in [2.24, 2.45) is 11.3 Å². The molecular formula is C11H14O. The molecule has 2 atom stereocenters. The fourth-order valence-corrected chi connectivity index (χ4v) is 3.36. The highest BCUT2D eigenvalue weighted by atomic mass is 16.1. The number of rotatable bonds is 0. The number of carbonyl (C=O) groups is 1. The zero-order valence-electron chi connectivity index (χ0n) is 7.31. The Bertz CT molecular complexity index is 277. The second-order valence-electron chi connectivity index (χ2n) is 4.49. The maximum Gasteiger partial charge on any atom is 0.149 e. The van der Waals surface area contributed by atoms with E-state index in [0.717, 1.165) is 12.8 Å². The first kappa shape index (κ1) is 6.88. The lowest BCUT2D eigenvalue weighted by molar-refractivity contribution is -0.125. The van der Waals surface area contributed by atoms with Crippen molar-refractivity contribution in [1.82, 2.24) is 0 Å². The van der Waals surface area contributed by atoms with Crippen LogP contribution in [0.15, 0.2) is 11.6 Å². The maximum absolute atomic E-state index is 11.9. The van der Waals surface area contributed by atoms with Crippen LogP contribution in [0, 0.1) is 11.3 Å². The second-order valence-corrected chi connectivity index (χ2v) is 4.49. The van der Waals surface area contributed by atoms with Crippen molar-refractivity contribution in [3.63, 3.8) is 0 Å². The zero-order chi connectivity index (χ0) is 8.18. The van der Waals surface area contributed by atoms with Crippen LogP contribution in [-0.2, 0) is 4.79 Å². The first-order valence-corrected chi connectivity index (χ1v) is 5.08. The normalized spacial score (nSPS) is 44.5. The zero-order valence-corrected chi connectivity index (χ0v) is 7.31. The van der Waals surface area contributed by atoms with Crippen molar-refractivity contribution < 1.29 is 4.79 Å². The van der Waals surface area contributed by atoms with Gasteiger partial charge in [0.25, 0.3) is 0 Å². The Hall–Kier alpha value is -0.590. The van der Waals surface area contributed by atoms with Gasteiger partial charge >= 0.3 is 0 Å². The molecule has 2 fully saturated rings. The summed E-state index contributed by atoms with van der Waals surface area (Å²) < 4.78 is 0. The van der Waals surface area contributed by atoms with Gasteiger partial charge in [-0.2, -0.15) is 0 Å². The lowest BCUT2D eigenvalue weighted by Gasteiger charge is -2.32. The van der Waals surface area contributed by atoms with E-state index >= 15 is 0 Å². The fraction of sp³-hybridized carbons (Fsp3) is 0.727. The van der Waals surface area contributed by atoms with E-state index in [2.05, 4.69) is 6.08 Å². The molecule has 0 aromatic carbocycles. The van der Waals surface area contributed by atoms with Crippen molar-refractivity contribution in [2.75, 3.05) is 0 Å². The minimum absolute atomic E-state index is 0.0862. The number of Topliss-reactive ketones (excluding diaryl/α,β-unsaturated/α-hetero) is 1. The molecule has 0 amide bonds. The van der Waals surface area contributed by atoms with Gasteiger partial charge in [-0.15, -0.1) is 0 Å². The van der Waals surface area contributed by atoms with Crippen molar-refractivity contribution in [3.05, 3.63) is 11.6 Å². The van der Waals surface area contributed by atoms with Gasteiger partial charge < -0.3 is 0 Å². The molecule has 2 bridgehead atoms. The van der Waals surface area contributed by atoms with Crippen LogP contribution in [0.5, 0.6) is 0 Å². The molecule has 0 heterocycles. The van der Waals surface area contributed by atoms with Crippen LogP contribution in [0.4, 0.5) is 0 Å². The van der Waals surface area contributed by atoms with E-state index in [1.54, 1.807) is 0 Å². The standard InChI is InChI=1S/C11H14O/c12-10-8-4-6-11(10)5-2-1-3-9(11)7-8/h7-8H,1-6H2. The van der Waals surface area contributed by atoms with Crippen LogP contribution >= 0.6 is 0 Å². The number of ketones is 1. The summed E-state index contributed by atoms with van der Waals surface area (Å²) in [6.07, 6.45) is 9.55. The minimum Gasteiger partial charge on any atom is -0.298 e. The molecule has 3 aliphatic rings. The van der Waals surface area contributed by atoms with Gasteiger partial charge in [-0.25, -0.2) is 0 Å². The highest BCUT2D eigenvalue weighted by Gasteiger charge is 2.54. The molecule has 0 N–H and O–H groups in total. The van der Waals surface area contributed by atoms with Gasteiger partial charge in [0.05, 0.1) is 5.41 Å². The SMILES string of the molecule is O=C1C2C=C3CCCCC13CC2. The molecule has 0 aromatic rings. The molecule has 0 aromatic heterocycles. The lowest BCUT2D eigenvalue weighted by Crippen LogP contribution is -2.28. The summed E-state index contributed by atoms with van der Waals surface area (Å²) in [6.45, 7) is 0. The van der Waals surface area contributed by atoms with Crippen molar-refractivity contribution in [1.29, 1.82) is 0 Å². The molecule has 64 valence electrons. The van der Waals surface area contributed by atoms with Gasteiger partial charge in [0, 0.05) is 5.92 Å². The van der Waals surface area contributed by atoms with Crippen molar-refractivity contribution in [3.8, 4) is 0 Å². The third-order valence-electron chi connectivity index (χ3n) is 4.01. The molecule has 0 radical (unpaired) electrons. The van der Waals surface area contributed by atoms with Crippen LogP contribution in [0.25, 0.3) is 0 Å². The second kappa shape index (κ2) is 2.01. The first-order valence-electron chi connectivity index (χ1n) is 5.08. The Morgan fingerprint density at radius 3 is 3.00 bits per heavy atom. The van der Waals surface area contributed by atoms with Crippen LogP contribution in [0.2, 0.25) is 0 Å². The monoisotopic (exact) mass is 162 g/mol. The third-order valence-corrected chi connectivity index (χ3v) is 4.01. The summed E-state index contributed by atoms with van der Waals surface area (Å²) in [6, 6.07) is 0. The Morgan fingerprint density at radius 1 is 1.33 bits per heavy atom. The smallest absolute Gasteiger partial charge is 0.149 e. The highest BCUT2D eigenvalue weighted by molar-refractivity contribution is 5.96. The Labute approximate surface area is 72.8 Å². The topological polar surface area (TPSA) is 17.1 Å². The molecule has 2 unspecified atom stereocenters. The summed E-state index contributed by atoms with van der Waals surface area (Å²) >= 11 is 0. The van der Waals surface area contributed by atoms with Crippen molar-refractivity contribution in [2.45, 2.75) is 38.5 Å². The number of hydrogen-bond acceptors (Lipinski definition) is 1. The van der Waals surface area contributed by atoms with Crippen molar-refractivity contribution >= 4 is 5.78 Å².